The highest BCUT2D eigenvalue weighted by Gasteiger charge is 2.55. The molecule has 3 atom stereocenters. The van der Waals surface area contributed by atoms with Crippen LogP contribution in [-0.4, -0.2) is 50.3 Å². The molecule has 1 N–H and O–H groups in total. The molecule has 1 aliphatic rings. The zero-order valence-electron chi connectivity index (χ0n) is 17.0. The molecule has 0 unspecified atom stereocenters. The number of hydrogen-bond donors (Lipinski definition) is 1. The number of methoxy groups -OCH3 is 2. The maximum absolute atomic E-state index is 12.9. The number of carbonyl (C=O) groups excluding carboxylic acids is 3. The highest BCUT2D eigenvalue weighted by atomic mass is 16.6. The van der Waals surface area contributed by atoms with Crippen LogP contribution in [0.5, 0.6) is 5.75 Å². The van der Waals surface area contributed by atoms with Crippen LogP contribution < -0.4 is 15.0 Å². The van der Waals surface area contributed by atoms with Crippen LogP contribution in [0.3, 0.4) is 0 Å². The third-order valence-electron chi connectivity index (χ3n) is 4.86. The SMILES string of the molecule is COc1ccc(N2C(=O)[C@H](OC)[C@@H]2[C@@H](OC(C)=O)C(=O)NCc2ccccc2)cc1. The second-order valence-corrected chi connectivity index (χ2v) is 6.79. The van der Waals surface area contributed by atoms with Crippen molar-refractivity contribution in [1.29, 1.82) is 0 Å². The van der Waals surface area contributed by atoms with Gasteiger partial charge in [-0.3, -0.25) is 19.3 Å². The third kappa shape index (κ3) is 4.44. The summed E-state index contributed by atoms with van der Waals surface area (Å²) < 4.78 is 15.8. The number of amides is 2. The van der Waals surface area contributed by atoms with Crippen molar-refractivity contribution in [1.82, 2.24) is 5.32 Å². The predicted octanol–water partition coefficient (Wildman–Crippen LogP) is 1.67. The Bertz CT molecular complexity index is 900. The number of benzene rings is 2. The number of nitrogens with zero attached hydrogens (tertiary/aromatic N) is 1. The Balaban J connectivity index is 1.84. The van der Waals surface area contributed by atoms with E-state index >= 15 is 0 Å². The van der Waals surface area contributed by atoms with E-state index in [0.29, 0.717) is 11.4 Å². The standard InChI is InChI=1S/C22H24N2O6/c1-14(25)30-19(21(26)23-13-15-7-5-4-6-8-15)18-20(29-3)22(27)24(18)16-9-11-17(28-2)12-10-16/h4-12,18-20H,13H2,1-3H3,(H,23,26)/t18-,19+,20+/m0/s1. The molecule has 158 valence electrons. The van der Waals surface area contributed by atoms with E-state index in [1.807, 2.05) is 30.3 Å². The van der Waals surface area contributed by atoms with Crippen LogP contribution in [0, 0.1) is 0 Å². The minimum Gasteiger partial charge on any atom is -0.497 e. The Morgan fingerprint density at radius 2 is 1.73 bits per heavy atom. The number of ether oxygens (including phenoxy) is 3. The van der Waals surface area contributed by atoms with Crippen molar-refractivity contribution >= 4 is 23.5 Å². The minimum absolute atomic E-state index is 0.262. The van der Waals surface area contributed by atoms with E-state index < -0.39 is 30.1 Å². The fourth-order valence-electron chi connectivity index (χ4n) is 3.40. The maximum Gasteiger partial charge on any atom is 0.303 e. The van der Waals surface area contributed by atoms with Crippen molar-refractivity contribution in [2.24, 2.45) is 0 Å². The van der Waals surface area contributed by atoms with Gasteiger partial charge in [-0.1, -0.05) is 30.3 Å². The molecule has 8 heteroatoms. The zero-order chi connectivity index (χ0) is 21.7. The van der Waals surface area contributed by atoms with Gasteiger partial charge in [-0.2, -0.15) is 0 Å². The summed E-state index contributed by atoms with van der Waals surface area (Å²) in [5.74, 6) is -0.824. The molecule has 2 aromatic rings. The number of β-lactam (4-membered cyclic amide) rings is 1. The predicted molar refractivity (Wildman–Crippen MR) is 109 cm³/mol. The van der Waals surface area contributed by atoms with Crippen molar-refractivity contribution < 1.29 is 28.6 Å². The van der Waals surface area contributed by atoms with Crippen LogP contribution in [0.1, 0.15) is 12.5 Å². The molecule has 1 aliphatic heterocycles. The molecule has 3 rings (SSSR count). The van der Waals surface area contributed by atoms with Gasteiger partial charge in [-0.15, -0.1) is 0 Å². The van der Waals surface area contributed by atoms with Crippen LogP contribution in [0.15, 0.2) is 54.6 Å². The number of carbonyl (C=O) groups is 3. The molecule has 2 amide bonds. The van der Waals surface area contributed by atoms with E-state index in [2.05, 4.69) is 5.32 Å². The highest BCUT2D eigenvalue weighted by molar-refractivity contribution is 6.07. The molecule has 0 aliphatic carbocycles. The summed E-state index contributed by atoms with van der Waals surface area (Å²) in [5, 5.41) is 2.77. The van der Waals surface area contributed by atoms with Gasteiger partial charge >= 0.3 is 5.97 Å². The average Bonchev–Trinajstić information content (AvgIpc) is 2.75. The summed E-state index contributed by atoms with van der Waals surface area (Å²) in [5.41, 5.74) is 1.44. The van der Waals surface area contributed by atoms with E-state index in [1.54, 1.807) is 31.4 Å². The summed E-state index contributed by atoms with van der Waals surface area (Å²) >= 11 is 0. The molecule has 0 bridgehead atoms. The number of anilines is 1. The highest BCUT2D eigenvalue weighted by Crippen LogP contribution is 2.34. The van der Waals surface area contributed by atoms with Crippen molar-refractivity contribution in [2.45, 2.75) is 31.7 Å². The van der Waals surface area contributed by atoms with Crippen LogP contribution in [0.4, 0.5) is 5.69 Å². The fourth-order valence-corrected chi connectivity index (χ4v) is 3.40. The maximum atomic E-state index is 12.9. The van der Waals surface area contributed by atoms with Gasteiger partial charge < -0.3 is 19.5 Å². The smallest absolute Gasteiger partial charge is 0.303 e. The first-order valence-electron chi connectivity index (χ1n) is 9.45. The van der Waals surface area contributed by atoms with Crippen LogP contribution in [0.25, 0.3) is 0 Å². The lowest BCUT2D eigenvalue weighted by Gasteiger charge is -2.48. The van der Waals surface area contributed by atoms with Gasteiger partial charge in [0.05, 0.1) is 7.11 Å². The second kappa shape index (κ2) is 9.41. The topological polar surface area (TPSA) is 94.2 Å². The summed E-state index contributed by atoms with van der Waals surface area (Å²) in [6.45, 7) is 1.48. The van der Waals surface area contributed by atoms with Gasteiger partial charge in [-0.25, -0.2) is 0 Å². The van der Waals surface area contributed by atoms with Gasteiger partial charge in [-0.05, 0) is 29.8 Å². The van der Waals surface area contributed by atoms with Crippen molar-refractivity contribution in [3.8, 4) is 5.75 Å². The fraction of sp³-hybridized carbons (Fsp3) is 0.318. The van der Waals surface area contributed by atoms with E-state index in [-0.39, 0.29) is 12.5 Å². The molecule has 1 heterocycles. The number of hydrogen-bond acceptors (Lipinski definition) is 6. The lowest BCUT2D eigenvalue weighted by atomic mass is 9.90. The summed E-state index contributed by atoms with van der Waals surface area (Å²) in [4.78, 5) is 38.7. The molecular weight excluding hydrogens is 388 g/mol. The normalized spacial score (nSPS) is 18.9. The quantitative estimate of drug-likeness (QED) is 0.524. The molecule has 0 saturated carbocycles. The van der Waals surface area contributed by atoms with Crippen molar-refractivity contribution in [3.63, 3.8) is 0 Å². The molecule has 1 fully saturated rings. The lowest BCUT2D eigenvalue weighted by Crippen LogP contribution is -2.72. The summed E-state index contributed by atoms with van der Waals surface area (Å²) in [6.07, 6.45) is -2.13. The largest absolute Gasteiger partial charge is 0.497 e. The van der Waals surface area contributed by atoms with Gasteiger partial charge in [0.2, 0.25) is 6.10 Å². The number of nitrogens with one attached hydrogen (secondary N) is 1. The zero-order valence-corrected chi connectivity index (χ0v) is 17.0. The van der Waals surface area contributed by atoms with Crippen molar-refractivity contribution in [2.75, 3.05) is 19.1 Å². The molecule has 30 heavy (non-hydrogen) atoms. The first-order chi connectivity index (χ1) is 14.5. The van der Waals surface area contributed by atoms with Crippen LogP contribution in [0.2, 0.25) is 0 Å². The molecule has 0 radical (unpaired) electrons. The van der Waals surface area contributed by atoms with Crippen LogP contribution >= 0.6 is 0 Å². The van der Waals surface area contributed by atoms with Crippen molar-refractivity contribution in [3.05, 3.63) is 60.2 Å². The summed E-state index contributed by atoms with van der Waals surface area (Å²) in [6, 6.07) is 15.4. The van der Waals surface area contributed by atoms with E-state index in [1.165, 1.54) is 18.9 Å². The van der Waals surface area contributed by atoms with Gasteiger partial charge in [0.1, 0.15) is 11.8 Å². The molecule has 0 aromatic heterocycles. The monoisotopic (exact) mass is 412 g/mol. The first kappa shape index (κ1) is 21.3. The molecule has 2 aromatic carbocycles. The third-order valence-corrected chi connectivity index (χ3v) is 4.86. The molecular formula is C22H24N2O6. The number of rotatable bonds is 8. The van der Waals surface area contributed by atoms with Gasteiger partial charge in [0.15, 0.2) is 6.10 Å². The Morgan fingerprint density at radius 1 is 1.07 bits per heavy atom. The van der Waals surface area contributed by atoms with E-state index in [0.717, 1.165) is 5.56 Å². The molecule has 8 nitrogen and oxygen atoms in total. The molecule has 0 spiro atoms. The first-order valence-corrected chi connectivity index (χ1v) is 9.45. The lowest BCUT2D eigenvalue weighted by molar-refractivity contribution is -0.164. The van der Waals surface area contributed by atoms with Crippen LogP contribution in [-0.2, 0) is 30.4 Å². The Kier molecular flexibility index (Phi) is 6.68. The van der Waals surface area contributed by atoms with E-state index in [9.17, 15) is 14.4 Å². The average molecular weight is 412 g/mol. The molecule has 1 saturated heterocycles. The Labute approximate surface area is 174 Å². The van der Waals surface area contributed by atoms with E-state index in [4.69, 9.17) is 14.2 Å². The Morgan fingerprint density at radius 3 is 2.30 bits per heavy atom. The minimum atomic E-state index is -1.23. The Hall–Kier alpha value is -3.39. The second-order valence-electron chi connectivity index (χ2n) is 6.79. The number of esters is 1. The van der Waals surface area contributed by atoms with Gasteiger partial charge in [0, 0.05) is 26.3 Å². The summed E-state index contributed by atoms with van der Waals surface area (Å²) in [7, 11) is 2.93. The van der Waals surface area contributed by atoms with Gasteiger partial charge in [0.25, 0.3) is 11.8 Å².